The van der Waals surface area contributed by atoms with E-state index in [1.54, 1.807) is 36.4 Å². The van der Waals surface area contributed by atoms with E-state index in [9.17, 15) is 9.59 Å². The van der Waals surface area contributed by atoms with Gasteiger partial charge in [-0.05, 0) is 29.8 Å². The SMILES string of the molecule is Nc1ccc(CN2C(=O)c3cccnc3C2=O)cc1. The molecule has 2 aromatic rings. The normalized spacial score (nSPS) is 13.8. The van der Waals surface area contributed by atoms with Crippen molar-refractivity contribution < 1.29 is 9.59 Å². The summed E-state index contributed by atoms with van der Waals surface area (Å²) in [5, 5.41) is 0. The second-order valence-electron chi connectivity index (χ2n) is 4.34. The minimum Gasteiger partial charge on any atom is -0.399 e. The van der Waals surface area contributed by atoms with Crippen molar-refractivity contribution in [1.29, 1.82) is 0 Å². The van der Waals surface area contributed by atoms with Gasteiger partial charge in [0.25, 0.3) is 11.8 Å². The van der Waals surface area contributed by atoms with Crippen LogP contribution >= 0.6 is 0 Å². The van der Waals surface area contributed by atoms with Crippen LogP contribution in [0.2, 0.25) is 0 Å². The number of nitrogens with two attached hydrogens (primary N) is 1. The molecule has 1 aromatic carbocycles. The number of nitrogen functional groups attached to an aromatic ring is 1. The first-order valence-electron chi connectivity index (χ1n) is 5.82. The molecule has 1 aliphatic rings. The molecule has 0 unspecified atom stereocenters. The molecular formula is C14H11N3O2. The van der Waals surface area contributed by atoms with E-state index in [4.69, 9.17) is 5.73 Å². The average molecular weight is 253 g/mol. The maximum Gasteiger partial charge on any atom is 0.280 e. The van der Waals surface area contributed by atoms with Gasteiger partial charge in [-0.3, -0.25) is 19.5 Å². The molecule has 19 heavy (non-hydrogen) atoms. The lowest BCUT2D eigenvalue weighted by molar-refractivity contribution is 0.0640. The topological polar surface area (TPSA) is 76.3 Å². The average Bonchev–Trinajstić information content (AvgIpc) is 2.67. The van der Waals surface area contributed by atoms with Gasteiger partial charge in [0.05, 0.1) is 12.1 Å². The van der Waals surface area contributed by atoms with Gasteiger partial charge < -0.3 is 5.73 Å². The van der Waals surface area contributed by atoms with Crippen molar-refractivity contribution >= 4 is 17.5 Å². The fourth-order valence-electron chi connectivity index (χ4n) is 2.06. The van der Waals surface area contributed by atoms with Gasteiger partial charge in [0.1, 0.15) is 5.69 Å². The molecule has 1 aromatic heterocycles. The van der Waals surface area contributed by atoms with Crippen molar-refractivity contribution in [2.45, 2.75) is 6.54 Å². The Bertz CT molecular complexity index is 630. The number of rotatable bonds is 2. The molecule has 0 bridgehead atoms. The lowest BCUT2D eigenvalue weighted by atomic mass is 10.2. The minimum atomic E-state index is -0.350. The smallest absolute Gasteiger partial charge is 0.280 e. The van der Waals surface area contributed by atoms with Crippen LogP contribution in [-0.2, 0) is 6.54 Å². The third kappa shape index (κ3) is 1.85. The summed E-state index contributed by atoms with van der Waals surface area (Å²) in [7, 11) is 0. The van der Waals surface area contributed by atoms with Gasteiger partial charge in [-0.1, -0.05) is 12.1 Å². The van der Waals surface area contributed by atoms with Gasteiger partial charge in [-0.25, -0.2) is 0 Å². The highest BCUT2D eigenvalue weighted by Gasteiger charge is 2.36. The second kappa shape index (κ2) is 4.20. The van der Waals surface area contributed by atoms with Gasteiger partial charge in [-0.2, -0.15) is 0 Å². The quantitative estimate of drug-likeness (QED) is 0.649. The number of pyridine rings is 1. The zero-order chi connectivity index (χ0) is 13.4. The van der Waals surface area contributed by atoms with E-state index in [-0.39, 0.29) is 24.1 Å². The zero-order valence-electron chi connectivity index (χ0n) is 10.0. The molecule has 94 valence electrons. The summed E-state index contributed by atoms with van der Waals surface area (Å²) in [4.78, 5) is 29.4. The van der Waals surface area contributed by atoms with Crippen LogP contribution in [0.3, 0.4) is 0 Å². The maximum absolute atomic E-state index is 12.1. The monoisotopic (exact) mass is 253 g/mol. The van der Waals surface area contributed by atoms with Gasteiger partial charge in [0.15, 0.2) is 0 Å². The van der Waals surface area contributed by atoms with E-state index in [2.05, 4.69) is 4.98 Å². The molecule has 5 nitrogen and oxygen atoms in total. The van der Waals surface area contributed by atoms with Crippen LogP contribution < -0.4 is 5.73 Å². The number of nitrogens with zero attached hydrogens (tertiary/aromatic N) is 2. The van der Waals surface area contributed by atoms with Crippen molar-refractivity contribution in [3.63, 3.8) is 0 Å². The maximum atomic E-state index is 12.1. The molecule has 3 rings (SSSR count). The van der Waals surface area contributed by atoms with Crippen LogP contribution in [0.5, 0.6) is 0 Å². The van der Waals surface area contributed by atoms with E-state index in [1.165, 1.54) is 11.1 Å². The van der Waals surface area contributed by atoms with Crippen LogP contribution in [0.25, 0.3) is 0 Å². The number of amides is 2. The Hall–Kier alpha value is -2.69. The molecule has 0 atom stereocenters. The fraction of sp³-hybridized carbons (Fsp3) is 0.0714. The van der Waals surface area contributed by atoms with E-state index in [1.807, 2.05) is 0 Å². The van der Waals surface area contributed by atoms with Gasteiger partial charge in [-0.15, -0.1) is 0 Å². The Balaban J connectivity index is 1.90. The Morgan fingerprint density at radius 1 is 1.05 bits per heavy atom. The molecular weight excluding hydrogens is 242 g/mol. The second-order valence-corrected chi connectivity index (χ2v) is 4.34. The molecule has 0 radical (unpaired) electrons. The molecule has 0 spiro atoms. The number of carbonyl (C=O) groups is 2. The number of aromatic nitrogens is 1. The minimum absolute atomic E-state index is 0.225. The highest BCUT2D eigenvalue weighted by molar-refractivity contribution is 6.20. The number of benzene rings is 1. The van der Waals surface area contributed by atoms with Crippen molar-refractivity contribution in [1.82, 2.24) is 9.88 Å². The third-order valence-electron chi connectivity index (χ3n) is 3.05. The Labute approximate surface area is 109 Å². The van der Waals surface area contributed by atoms with E-state index in [0.29, 0.717) is 11.3 Å². The molecule has 2 amide bonds. The van der Waals surface area contributed by atoms with E-state index >= 15 is 0 Å². The molecule has 2 N–H and O–H groups in total. The first-order chi connectivity index (χ1) is 9.16. The number of imide groups is 1. The number of hydrogen-bond donors (Lipinski definition) is 1. The number of anilines is 1. The third-order valence-corrected chi connectivity index (χ3v) is 3.05. The Kier molecular flexibility index (Phi) is 2.52. The lowest BCUT2D eigenvalue weighted by Gasteiger charge is -2.13. The summed E-state index contributed by atoms with van der Waals surface area (Å²) in [6, 6.07) is 10.3. The molecule has 1 aliphatic heterocycles. The summed E-state index contributed by atoms with van der Waals surface area (Å²) in [5.74, 6) is -0.651. The summed E-state index contributed by atoms with van der Waals surface area (Å²) in [6.45, 7) is 0.230. The largest absolute Gasteiger partial charge is 0.399 e. The van der Waals surface area contributed by atoms with Crippen molar-refractivity contribution in [2.75, 3.05) is 5.73 Å². The van der Waals surface area contributed by atoms with Crippen molar-refractivity contribution in [3.05, 3.63) is 59.4 Å². The van der Waals surface area contributed by atoms with Crippen LogP contribution in [0.1, 0.15) is 26.4 Å². The van der Waals surface area contributed by atoms with Crippen molar-refractivity contribution in [3.8, 4) is 0 Å². The zero-order valence-corrected chi connectivity index (χ0v) is 10.0. The summed E-state index contributed by atoms with van der Waals surface area (Å²) >= 11 is 0. The number of hydrogen-bond acceptors (Lipinski definition) is 4. The first-order valence-corrected chi connectivity index (χ1v) is 5.82. The molecule has 2 heterocycles. The highest BCUT2D eigenvalue weighted by Crippen LogP contribution is 2.22. The van der Waals surface area contributed by atoms with E-state index in [0.717, 1.165) is 5.56 Å². The van der Waals surface area contributed by atoms with Crippen LogP contribution in [0, 0.1) is 0 Å². The summed E-state index contributed by atoms with van der Waals surface area (Å²) in [6.07, 6.45) is 1.51. The molecule has 0 aliphatic carbocycles. The summed E-state index contributed by atoms with van der Waals surface area (Å²) in [5.41, 5.74) is 7.69. The predicted octanol–water partition coefficient (Wildman–Crippen LogP) is 1.46. The Morgan fingerprint density at radius 2 is 1.79 bits per heavy atom. The van der Waals surface area contributed by atoms with Gasteiger partial charge >= 0.3 is 0 Å². The highest BCUT2D eigenvalue weighted by atomic mass is 16.2. The van der Waals surface area contributed by atoms with Crippen molar-refractivity contribution in [2.24, 2.45) is 0 Å². The predicted molar refractivity (Wildman–Crippen MR) is 69.3 cm³/mol. The number of carbonyl (C=O) groups excluding carboxylic acids is 2. The molecule has 0 saturated heterocycles. The summed E-state index contributed by atoms with van der Waals surface area (Å²) < 4.78 is 0. The number of fused-ring (bicyclic) bond motifs is 1. The van der Waals surface area contributed by atoms with Crippen LogP contribution in [0.15, 0.2) is 42.6 Å². The van der Waals surface area contributed by atoms with Gasteiger partial charge in [0.2, 0.25) is 0 Å². The standard InChI is InChI=1S/C14H11N3O2/c15-10-5-3-9(4-6-10)8-17-13(18)11-2-1-7-16-12(11)14(17)19/h1-7H,8,15H2. The first kappa shape index (κ1) is 11.4. The molecule has 5 heteroatoms. The molecule has 0 fully saturated rings. The van der Waals surface area contributed by atoms with Gasteiger partial charge in [0, 0.05) is 11.9 Å². The van der Waals surface area contributed by atoms with E-state index < -0.39 is 0 Å². The fourth-order valence-corrected chi connectivity index (χ4v) is 2.06. The Morgan fingerprint density at radius 3 is 2.47 bits per heavy atom. The molecule has 0 saturated carbocycles. The lowest BCUT2D eigenvalue weighted by Crippen LogP contribution is -2.29. The van der Waals surface area contributed by atoms with Crippen LogP contribution in [-0.4, -0.2) is 21.7 Å². The van der Waals surface area contributed by atoms with Crippen LogP contribution in [0.4, 0.5) is 5.69 Å².